The van der Waals surface area contributed by atoms with Gasteiger partial charge in [-0.1, -0.05) is 17.3 Å². The average molecular weight is 284 g/mol. The van der Waals surface area contributed by atoms with E-state index in [1.807, 2.05) is 6.07 Å². The molecule has 0 aliphatic carbocycles. The van der Waals surface area contributed by atoms with E-state index in [0.29, 0.717) is 16.9 Å². The van der Waals surface area contributed by atoms with Crippen LogP contribution in [0.5, 0.6) is 0 Å². The lowest BCUT2D eigenvalue weighted by Crippen LogP contribution is -2.04. The molecule has 0 fully saturated rings. The Morgan fingerprint density at radius 3 is 2.62 bits per heavy atom. The van der Waals surface area contributed by atoms with Gasteiger partial charge in [-0.2, -0.15) is 4.98 Å². The molecule has 0 aliphatic rings. The van der Waals surface area contributed by atoms with Crippen LogP contribution in [-0.4, -0.2) is 21.2 Å². The molecule has 0 radical (unpaired) electrons. The molecule has 6 heteroatoms. The maximum atomic E-state index is 11.5. The number of rotatable bonds is 3. The molecule has 0 spiro atoms. The SMILES string of the molecule is Cc1ccc(C)c(-c2nc(-c3ccco3)no2)c1C(=O)O. The highest BCUT2D eigenvalue weighted by Crippen LogP contribution is 2.30. The van der Waals surface area contributed by atoms with Crippen LogP contribution in [0.3, 0.4) is 0 Å². The fourth-order valence-corrected chi connectivity index (χ4v) is 2.19. The van der Waals surface area contributed by atoms with Crippen molar-refractivity contribution in [1.29, 1.82) is 0 Å². The number of carboxylic acids is 1. The van der Waals surface area contributed by atoms with Crippen molar-refractivity contribution in [3.63, 3.8) is 0 Å². The summed E-state index contributed by atoms with van der Waals surface area (Å²) < 4.78 is 10.4. The van der Waals surface area contributed by atoms with Crippen molar-refractivity contribution in [3.05, 3.63) is 47.2 Å². The van der Waals surface area contributed by atoms with Gasteiger partial charge in [-0.05, 0) is 37.1 Å². The van der Waals surface area contributed by atoms with Gasteiger partial charge in [0.1, 0.15) is 0 Å². The Balaban J connectivity index is 2.17. The maximum absolute atomic E-state index is 11.5. The smallest absolute Gasteiger partial charge is 0.336 e. The van der Waals surface area contributed by atoms with Crippen LogP contribution in [0.2, 0.25) is 0 Å². The molecule has 0 bridgehead atoms. The Morgan fingerprint density at radius 1 is 1.19 bits per heavy atom. The summed E-state index contributed by atoms with van der Waals surface area (Å²) in [6.07, 6.45) is 1.51. The number of hydrogen-bond acceptors (Lipinski definition) is 5. The van der Waals surface area contributed by atoms with Crippen LogP contribution in [-0.2, 0) is 0 Å². The normalized spacial score (nSPS) is 10.8. The van der Waals surface area contributed by atoms with Gasteiger partial charge < -0.3 is 14.0 Å². The highest BCUT2D eigenvalue weighted by Gasteiger charge is 2.22. The molecule has 1 N–H and O–H groups in total. The topological polar surface area (TPSA) is 89.4 Å². The molecule has 0 atom stereocenters. The van der Waals surface area contributed by atoms with Crippen LogP contribution < -0.4 is 0 Å². The monoisotopic (exact) mass is 284 g/mol. The summed E-state index contributed by atoms with van der Waals surface area (Å²) >= 11 is 0. The number of aromatic carboxylic acids is 1. The number of carbonyl (C=O) groups is 1. The average Bonchev–Trinajstić information content (AvgIpc) is 3.10. The van der Waals surface area contributed by atoms with Gasteiger partial charge in [0.15, 0.2) is 5.76 Å². The molecule has 3 rings (SSSR count). The summed E-state index contributed by atoms with van der Waals surface area (Å²) in [6.45, 7) is 3.54. The van der Waals surface area contributed by atoms with Gasteiger partial charge in [0, 0.05) is 0 Å². The van der Waals surface area contributed by atoms with E-state index in [-0.39, 0.29) is 17.3 Å². The predicted molar refractivity (Wildman–Crippen MR) is 73.9 cm³/mol. The Morgan fingerprint density at radius 2 is 1.95 bits per heavy atom. The second kappa shape index (κ2) is 4.90. The molecular formula is C15H12N2O4. The first kappa shape index (κ1) is 13.1. The number of furan rings is 1. The van der Waals surface area contributed by atoms with Gasteiger partial charge in [-0.3, -0.25) is 0 Å². The number of hydrogen-bond donors (Lipinski definition) is 1. The highest BCUT2D eigenvalue weighted by atomic mass is 16.5. The number of nitrogens with zero attached hydrogens (tertiary/aromatic N) is 2. The van der Waals surface area contributed by atoms with Gasteiger partial charge in [0.05, 0.1) is 17.4 Å². The molecule has 106 valence electrons. The van der Waals surface area contributed by atoms with Crippen LogP contribution in [0.15, 0.2) is 39.5 Å². The Kier molecular flexibility index (Phi) is 3.06. The van der Waals surface area contributed by atoms with E-state index in [0.717, 1.165) is 5.56 Å². The predicted octanol–water partition coefficient (Wildman–Crippen LogP) is 3.31. The van der Waals surface area contributed by atoms with Crippen molar-refractivity contribution in [2.45, 2.75) is 13.8 Å². The summed E-state index contributed by atoms with van der Waals surface area (Å²) in [5.74, 6) is -0.108. The third-order valence-corrected chi connectivity index (χ3v) is 3.22. The number of carboxylic acid groups (broad SMARTS) is 1. The fraction of sp³-hybridized carbons (Fsp3) is 0.133. The van der Waals surface area contributed by atoms with Crippen LogP contribution >= 0.6 is 0 Å². The lowest BCUT2D eigenvalue weighted by atomic mass is 9.97. The van der Waals surface area contributed by atoms with E-state index in [4.69, 9.17) is 8.94 Å². The Hall–Kier alpha value is -2.89. The van der Waals surface area contributed by atoms with Crippen molar-refractivity contribution in [2.24, 2.45) is 0 Å². The second-order valence-electron chi connectivity index (χ2n) is 4.65. The van der Waals surface area contributed by atoms with Crippen LogP contribution in [0.4, 0.5) is 0 Å². The molecule has 0 aliphatic heterocycles. The van der Waals surface area contributed by atoms with Crippen molar-refractivity contribution in [1.82, 2.24) is 10.1 Å². The quantitative estimate of drug-likeness (QED) is 0.793. The van der Waals surface area contributed by atoms with E-state index in [1.165, 1.54) is 6.26 Å². The van der Waals surface area contributed by atoms with Crippen molar-refractivity contribution < 1.29 is 18.8 Å². The first-order chi connectivity index (χ1) is 10.1. The molecule has 0 saturated heterocycles. The molecule has 3 aromatic rings. The minimum atomic E-state index is -1.02. The van der Waals surface area contributed by atoms with Gasteiger partial charge in [0.25, 0.3) is 5.89 Å². The molecule has 2 aromatic heterocycles. The molecule has 2 heterocycles. The first-order valence-electron chi connectivity index (χ1n) is 6.29. The highest BCUT2D eigenvalue weighted by molar-refractivity contribution is 5.97. The summed E-state index contributed by atoms with van der Waals surface area (Å²) in [7, 11) is 0. The minimum Gasteiger partial charge on any atom is -0.478 e. The zero-order valence-corrected chi connectivity index (χ0v) is 11.5. The molecule has 1 aromatic carbocycles. The molecule has 0 amide bonds. The third kappa shape index (κ3) is 2.20. The van der Waals surface area contributed by atoms with E-state index < -0.39 is 5.97 Å². The molecule has 0 unspecified atom stereocenters. The van der Waals surface area contributed by atoms with Crippen LogP contribution in [0.25, 0.3) is 23.0 Å². The summed E-state index contributed by atoms with van der Waals surface area (Å²) in [6, 6.07) is 7.00. The van der Waals surface area contributed by atoms with E-state index in [2.05, 4.69) is 10.1 Å². The minimum absolute atomic E-state index is 0.167. The van der Waals surface area contributed by atoms with Gasteiger partial charge >= 0.3 is 5.97 Å². The first-order valence-corrected chi connectivity index (χ1v) is 6.29. The zero-order chi connectivity index (χ0) is 15.0. The Labute approximate surface area is 120 Å². The lowest BCUT2D eigenvalue weighted by molar-refractivity contribution is 0.0696. The van der Waals surface area contributed by atoms with E-state index in [1.54, 1.807) is 32.0 Å². The summed E-state index contributed by atoms with van der Waals surface area (Å²) in [5.41, 5.74) is 2.01. The standard InChI is InChI=1S/C15H12N2O4/c1-8-5-6-9(2)12(15(18)19)11(8)14-16-13(17-21-14)10-4-3-7-20-10/h3-7H,1-2H3,(H,18,19). The van der Waals surface area contributed by atoms with Crippen LogP contribution in [0, 0.1) is 13.8 Å². The molecule has 0 saturated carbocycles. The van der Waals surface area contributed by atoms with Gasteiger partial charge in [0.2, 0.25) is 5.82 Å². The fourth-order valence-electron chi connectivity index (χ4n) is 2.19. The number of benzene rings is 1. The van der Waals surface area contributed by atoms with Crippen molar-refractivity contribution in [3.8, 4) is 23.0 Å². The molecule has 21 heavy (non-hydrogen) atoms. The molecule has 6 nitrogen and oxygen atoms in total. The molecular weight excluding hydrogens is 272 g/mol. The second-order valence-corrected chi connectivity index (χ2v) is 4.65. The van der Waals surface area contributed by atoms with E-state index >= 15 is 0 Å². The number of aryl methyl sites for hydroxylation is 2. The van der Waals surface area contributed by atoms with E-state index in [9.17, 15) is 9.90 Å². The van der Waals surface area contributed by atoms with Gasteiger partial charge in [-0.25, -0.2) is 4.79 Å². The van der Waals surface area contributed by atoms with Crippen molar-refractivity contribution >= 4 is 5.97 Å². The lowest BCUT2D eigenvalue weighted by Gasteiger charge is -2.08. The maximum Gasteiger partial charge on any atom is 0.336 e. The van der Waals surface area contributed by atoms with Crippen LogP contribution in [0.1, 0.15) is 21.5 Å². The largest absolute Gasteiger partial charge is 0.478 e. The summed E-state index contributed by atoms with van der Waals surface area (Å²) in [5, 5.41) is 13.2. The van der Waals surface area contributed by atoms with Gasteiger partial charge in [-0.15, -0.1) is 0 Å². The zero-order valence-electron chi connectivity index (χ0n) is 11.5. The summed E-state index contributed by atoms with van der Waals surface area (Å²) in [4.78, 5) is 15.7. The Bertz CT molecular complexity index is 803. The number of aromatic nitrogens is 2. The van der Waals surface area contributed by atoms with Crippen molar-refractivity contribution in [2.75, 3.05) is 0 Å². The third-order valence-electron chi connectivity index (χ3n) is 3.22.